The summed E-state index contributed by atoms with van der Waals surface area (Å²) in [4.78, 5) is 27.6. The van der Waals surface area contributed by atoms with Gasteiger partial charge in [-0.15, -0.1) is 0 Å². The number of nitrogens with one attached hydrogen (secondary N) is 1. The molecular formula is C23H18N2O4. The van der Waals surface area contributed by atoms with Gasteiger partial charge in [-0.1, -0.05) is 30.3 Å². The largest absolute Gasteiger partial charge is 0.497 e. The van der Waals surface area contributed by atoms with Crippen LogP contribution in [0.15, 0.2) is 88.4 Å². The summed E-state index contributed by atoms with van der Waals surface area (Å²) in [7, 11) is 1.61. The van der Waals surface area contributed by atoms with Crippen LogP contribution in [0.1, 0.15) is 15.9 Å². The number of carbonyl (C=O) groups is 1. The van der Waals surface area contributed by atoms with Gasteiger partial charge in [0.2, 0.25) is 0 Å². The average Bonchev–Trinajstić information content (AvgIpc) is 3.42. The van der Waals surface area contributed by atoms with E-state index >= 15 is 0 Å². The van der Waals surface area contributed by atoms with Gasteiger partial charge in [-0.05, 0) is 48.0 Å². The van der Waals surface area contributed by atoms with Crippen molar-refractivity contribution in [2.45, 2.75) is 0 Å². The summed E-state index contributed by atoms with van der Waals surface area (Å²) in [6.07, 6.45) is 6.37. The maximum Gasteiger partial charge on any atom is 0.330 e. The molecule has 0 aliphatic heterocycles. The van der Waals surface area contributed by atoms with E-state index in [-0.39, 0.29) is 11.5 Å². The van der Waals surface area contributed by atoms with Crippen molar-refractivity contribution in [1.82, 2.24) is 9.55 Å². The van der Waals surface area contributed by atoms with E-state index in [9.17, 15) is 9.59 Å². The van der Waals surface area contributed by atoms with Crippen LogP contribution in [0.2, 0.25) is 0 Å². The van der Waals surface area contributed by atoms with Crippen LogP contribution in [-0.4, -0.2) is 22.4 Å². The van der Waals surface area contributed by atoms with Crippen LogP contribution < -0.4 is 10.4 Å². The first kappa shape index (κ1) is 18.3. The Morgan fingerprint density at radius 2 is 1.93 bits per heavy atom. The van der Waals surface area contributed by atoms with E-state index in [1.54, 1.807) is 62.0 Å². The summed E-state index contributed by atoms with van der Waals surface area (Å²) in [5, 5.41) is 0. The molecule has 1 N–H and O–H groups in total. The van der Waals surface area contributed by atoms with E-state index < -0.39 is 0 Å². The molecule has 6 heteroatoms. The summed E-state index contributed by atoms with van der Waals surface area (Å²) in [5.74, 6) is 1.15. The van der Waals surface area contributed by atoms with Crippen LogP contribution in [0.5, 0.6) is 5.75 Å². The summed E-state index contributed by atoms with van der Waals surface area (Å²) in [6, 6.07) is 17.8. The molecule has 2 aromatic heterocycles. The molecule has 0 unspecified atom stereocenters. The number of aromatic amines is 1. The van der Waals surface area contributed by atoms with E-state index in [1.165, 1.54) is 10.6 Å². The van der Waals surface area contributed by atoms with Gasteiger partial charge in [0.05, 0.1) is 19.1 Å². The zero-order valence-electron chi connectivity index (χ0n) is 15.7. The van der Waals surface area contributed by atoms with Gasteiger partial charge >= 0.3 is 5.69 Å². The highest BCUT2D eigenvalue weighted by atomic mass is 16.5. The van der Waals surface area contributed by atoms with Gasteiger partial charge < -0.3 is 14.1 Å². The van der Waals surface area contributed by atoms with E-state index in [2.05, 4.69) is 4.98 Å². The van der Waals surface area contributed by atoms with Crippen LogP contribution >= 0.6 is 0 Å². The minimum absolute atomic E-state index is 0.161. The lowest BCUT2D eigenvalue weighted by Gasteiger charge is -2.07. The van der Waals surface area contributed by atoms with Crippen LogP contribution in [-0.2, 0) is 0 Å². The highest BCUT2D eigenvalue weighted by Gasteiger charge is 2.14. The number of ketones is 1. The first-order chi connectivity index (χ1) is 14.2. The Balaban J connectivity index is 1.63. The quantitative estimate of drug-likeness (QED) is 0.395. The monoisotopic (exact) mass is 386 g/mol. The third-order valence-electron chi connectivity index (χ3n) is 4.48. The van der Waals surface area contributed by atoms with Crippen molar-refractivity contribution < 1.29 is 13.9 Å². The van der Waals surface area contributed by atoms with Gasteiger partial charge in [0.25, 0.3) is 0 Å². The summed E-state index contributed by atoms with van der Waals surface area (Å²) in [6.45, 7) is 0. The van der Waals surface area contributed by atoms with Crippen molar-refractivity contribution in [3.05, 3.63) is 101 Å². The maximum absolute atomic E-state index is 12.6. The standard InChI is InChI=1S/C23H18N2O4/c1-28-19-10-7-16(8-11-19)9-12-21(26)17-4-2-5-18(14-17)25-20(15-24-23(25)27)22-6-3-13-29-22/h2-15H,1H3,(H,24,27). The maximum atomic E-state index is 12.6. The van der Waals surface area contributed by atoms with Crippen molar-refractivity contribution in [1.29, 1.82) is 0 Å². The second-order valence-corrected chi connectivity index (χ2v) is 6.31. The van der Waals surface area contributed by atoms with E-state index in [0.29, 0.717) is 22.7 Å². The first-order valence-corrected chi connectivity index (χ1v) is 8.97. The molecule has 0 saturated carbocycles. The zero-order valence-corrected chi connectivity index (χ0v) is 15.7. The highest BCUT2D eigenvalue weighted by molar-refractivity contribution is 6.07. The Morgan fingerprint density at radius 1 is 1.10 bits per heavy atom. The molecule has 0 radical (unpaired) electrons. The summed E-state index contributed by atoms with van der Waals surface area (Å²) in [5.41, 5.74) is 2.21. The van der Waals surface area contributed by atoms with Crippen molar-refractivity contribution in [2.75, 3.05) is 7.11 Å². The number of nitrogens with zero attached hydrogens (tertiary/aromatic N) is 1. The zero-order chi connectivity index (χ0) is 20.2. The van der Waals surface area contributed by atoms with E-state index in [1.807, 2.05) is 24.3 Å². The Kier molecular flexibility index (Phi) is 4.99. The predicted octanol–water partition coefficient (Wildman–Crippen LogP) is 4.33. The van der Waals surface area contributed by atoms with E-state index in [4.69, 9.17) is 9.15 Å². The second kappa shape index (κ2) is 7.90. The van der Waals surface area contributed by atoms with Crippen LogP contribution in [0, 0.1) is 0 Å². The van der Waals surface area contributed by atoms with Crippen molar-refractivity contribution >= 4 is 11.9 Å². The highest BCUT2D eigenvalue weighted by Crippen LogP contribution is 2.22. The molecule has 4 aromatic rings. The number of rotatable bonds is 6. The number of H-pyrrole nitrogens is 1. The molecule has 2 heterocycles. The molecule has 6 nitrogen and oxygen atoms in total. The lowest BCUT2D eigenvalue weighted by Crippen LogP contribution is -2.16. The van der Waals surface area contributed by atoms with Gasteiger partial charge in [-0.25, -0.2) is 4.79 Å². The first-order valence-electron chi connectivity index (χ1n) is 8.97. The van der Waals surface area contributed by atoms with Gasteiger partial charge in [0.15, 0.2) is 11.5 Å². The number of benzene rings is 2. The summed E-state index contributed by atoms with van der Waals surface area (Å²) >= 11 is 0. The molecule has 0 fully saturated rings. The minimum atomic E-state index is -0.310. The fraction of sp³-hybridized carbons (Fsp3) is 0.0435. The fourth-order valence-corrected chi connectivity index (χ4v) is 3.01. The van der Waals surface area contributed by atoms with Gasteiger partial charge in [-0.2, -0.15) is 0 Å². The Bertz CT molecular complexity index is 1210. The minimum Gasteiger partial charge on any atom is -0.497 e. The van der Waals surface area contributed by atoms with Crippen molar-refractivity contribution in [3.63, 3.8) is 0 Å². The number of aromatic nitrogens is 2. The average molecular weight is 386 g/mol. The number of carbonyl (C=O) groups excluding carboxylic acids is 1. The van der Waals surface area contributed by atoms with Crippen molar-refractivity contribution in [2.24, 2.45) is 0 Å². The number of hydrogen-bond acceptors (Lipinski definition) is 4. The number of furan rings is 1. The third-order valence-corrected chi connectivity index (χ3v) is 4.48. The number of allylic oxidation sites excluding steroid dienone is 1. The molecular weight excluding hydrogens is 368 g/mol. The Labute approximate surface area is 166 Å². The van der Waals surface area contributed by atoms with E-state index in [0.717, 1.165) is 11.3 Å². The van der Waals surface area contributed by atoms with Crippen LogP contribution in [0.4, 0.5) is 0 Å². The van der Waals surface area contributed by atoms with Crippen molar-refractivity contribution in [3.8, 4) is 22.9 Å². The predicted molar refractivity (Wildman–Crippen MR) is 110 cm³/mol. The van der Waals surface area contributed by atoms with Crippen LogP contribution in [0.3, 0.4) is 0 Å². The molecule has 0 saturated heterocycles. The number of hydrogen-bond donors (Lipinski definition) is 1. The lowest BCUT2D eigenvalue weighted by molar-refractivity contribution is 0.104. The molecule has 0 spiro atoms. The molecule has 0 aliphatic rings. The molecule has 4 rings (SSSR count). The normalized spacial score (nSPS) is 11.1. The Morgan fingerprint density at radius 3 is 2.66 bits per heavy atom. The molecule has 29 heavy (non-hydrogen) atoms. The number of ether oxygens (including phenoxy) is 1. The van der Waals surface area contributed by atoms with Gasteiger partial charge in [-0.3, -0.25) is 9.36 Å². The molecule has 0 bridgehead atoms. The van der Waals surface area contributed by atoms with Gasteiger partial charge in [0.1, 0.15) is 11.4 Å². The second-order valence-electron chi connectivity index (χ2n) is 6.31. The Hall–Kier alpha value is -4.06. The number of imidazole rings is 1. The number of methoxy groups -OCH3 is 1. The molecule has 0 amide bonds. The van der Waals surface area contributed by atoms with Crippen LogP contribution in [0.25, 0.3) is 23.2 Å². The molecule has 144 valence electrons. The third kappa shape index (κ3) is 3.82. The van der Waals surface area contributed by atoms with Gasteiger partial charge in [0, 0.05) is 11.8 Å². The molecule has 2 aromatic carbocycles. The molecule has 0 atom stereocenters. The fourth-order valence-electron chi connectivity index (χ4n) is 3.01. The molecule has 0 aliphatic carbocycles. The lowest BCUT2D eigenvalue weighted by atomic mass is 10.1. The SMILES string of the molecule is COc1ccc(C=CC(=O)c2cccc(-n3c(-c4ccco4)c[nH]c3=O)c2)cc1. The topological polar surface area (TPSA) is 77.2 Å². The smallest absolute Gasteiger partial charge is 0.330 e. The summed E-state index contributed by atoms with van der Waals surface area (Å²) < 4.78 is 12.0.